The number of piperazine rings is 1. The van der Waals surface area contributed by atoms with Crippen LogP contribution in [0.4, 0.5) is 15.3 Å². The number of phenolic OH excluding ortho intramolecular Hbond substituents is 1. The van der Waals surface area contributed by atoms with Crippen LogP contribution in [0.2, 0.25) is 0 Å². The van der Waals surface area contributed by atoms with Gasteiger partial charge in [-0.15, -0.1) is 0 Å². The van der Waals surface area contributed by atoms with Gasteiger partial charge in [0.05, 0.1) is 14.9 Å². The van der Waals surface area contributed by atoms with Crippen LogP contribution in [0.5, 0.6) is 5.75 Å². The SMILES string of the molecule is O=C(C(Cc1cc(Br)c(O)c(Br)c1)[C@H]1CC(N2CCc3ccccc3NC2=O)CCN1C(=O)O)N1CCC(N2CCNCC2)CC1. The quantitative estimate of drug-likeness (QED) is 0.340. The molecule has 3 saturated heterocycles. The summed E-state index contributed by atoms with van der Waals surface area (Å²) in [7, 11) is 0. The molecule has 2 aromatic carbocycles. The zero-order chi connectivity index (χ0) is 32.4. The van der Waals surface area contributed by atoms with E-state index in [2.05, 4.69) is 47.4 Å². The molecule has 4 aliphatic heterocycles. The lowest BCUT2D eigenvalue weighted by molar-refractivity contribution is -0.140. The third kappa shape index (κ3) is 7.17. The number of urea groups is 1. The number of carboxylic acid groups (broad SMARTS) is 1. The van der Waals surface area contributed by atoms with Crippen molar-refractivity contribution < 1.29 is 24.6 Å². The molecule has 3 atom stereocenters. The number of likely N-dealkylation sites (tertiary alicyclic amines) is 2. The van der Waals surface area contributed by atoms with Gasteiger partial charge in [0.1, 0.15) is 5.75 Å². The van der Waals surface area contributed by atoms with E-state index in [-0.39, 0.29) is 30.3 Å². The standard InChI is InChI=1S/C33H42Br2N6O5/c34-26-18-21(19-27(35)30(26)42)17-25(31(43)39-11-6-23(7-12-39)38-15-9-36-10-16-38)29-20-24(8-14-41(29)33(45)46)40-13-5-22-3-1-2-4-28(22)37-32(40)44/h1-4,18-19,23-25,29,36,42H,5-17,20H2,(H,37,44)(H,45,46)/t24?,25?,29-/m1/s1. The normalized spacial score (nSPS) is 23.8. The van der Waals surface area contributed by atoms with Crippen LogP contribution in [-0.4, -0.2) is 118 Å². The van der Waals surface area contributed by atoms with Gasteiger partial charge in [0.25, 0.3) is 0 Å². The summed E-state index contributed by atoms with van der Waals surface area (Å²) in [5.74, 6) is -0.645. The Morgan fingerprint density at radius 1 is 0.935 bits per heavy atom. The summed E-state index contributed by atoms with van der Waals surface area (Å²) in [6.07, 6.45) is 2.58. The highest BCUT2D eigenvalue weighted by molar-refractivity contribution is 9.11. The molecule has 2 unspecified atom stereocenters. The van der Waals surface area contributed by atoms with Gasteiger partial charge in [0.2, 0.25) is 5.91 Å². The van der Waals surface area contributed by atoms with Crippen LogP contribution in [0, 0.1) is 5.92 Å². The van der Waals surface area contributed by atoms with Crippen LogP contribution in [0.15, 0.2) is 45.3 Å². The number of hydrogen-bond acceptors (Lipinski definition) is 6. The fraction of sp³-hybridized carbons (Fsp3) is 0.545. The van der Waals surface area contributed by atoms with E-state index in [0.29, 0.717) is 60.3 Å². The van der Waals surface area contributed by atoms with Crippen LogP contribution < -0.4 is 10.6 Å². The van der Waals surface area contributed by atoms with Crippen LogP contribution in [0.25, 0.3) is 0 Å². The summed E-state index contributed by atoms with van der Waals surface area (Å²) in [5.41, 5.74) is 2.68. The van der Waals surface area contributed by atoms with Crippen LogP contribution in [-0.2, 0) is 17.6 Å². The first-order valence-corrected chi connectivity index (χ1v) is 17.8. The van der Waals surface area contributed by atoms with E-state index in [1.54, 1.807) is 12.1 Å². The Morgan fingerprint density at radius 3 is 2.30 bits per heavy atom. The maximum Gasteiger partial charge on any atom is 0.407 e. The van der Waals surface area contributed by atoms with E-state index >= 15 is 0 Å². The number of piperidine rings is 2. The lowest BCUT2D eigenvalue weighted by Gasteiger charge is -2.46. The summed E-state index contributed by atoms with van der Waals surface area (Å²) >= 11 is 6.85. The van der Waals surface area contributed by atoms with Crippen LogP contribution >= 0.6 is 31.9 Å². The molecular formula is C33H42Br2N6O5. The molecule has 4 amide bonds. The maximum atomic E-state index is 14.6. The first-order valence-electron chi connectivity index (χ1n) is 16.2. The van der Waals surface area contributed by atoms with Gasteiger partial charge in [-0.25, -0.2) is 9.59 Å². The van der Waals surface area contributed by atoms with Crippen molar-refractivity contribution in [1.82, 2.24) is 24.9 Å². The number of rotatable bonds is 6. The molecule has 0 bridgehead atoms. The van der Waals surface area contributed by atoms with Crippen molar-refractivity contribution in [3.8, 4) is 5.75 Å². The van der Waals surface area contributed by atoms with E-state index in [4.69, 9.17) is 0 Å². The summed E-state index contributed by atoms with van der Waals surface area (Å²) in [6, 6.07) is 10.8. The van der Waals surface area contributed by atoms with Crippen LogP contribution in [0.3, 0.4) is 0 Å². The zero-order valence-electron chi connectivity index (χ0n) is 25.8. The number of para-hydroxylation sites is 1. The Morgan fingerprint density at radius 2 is 1.61 bits per heavy atom. The zero-order valence-corrected chi connectivity index (χ0v) is 29.0. The molecule has 4 heterocycles. The fourth-order valence-corrected chi connectivity index (χ4v) is 9.01. The van der Waals surface area contributed by atoms with Gasteiger partial charge in [0.15, 0.2) is 0 Å². The number of carbonyl (C=O) groups is 3. The number of nitrogens with zero attached hydrogens (tertiary/aromatic N) is 4. The number of hydrogen-bond donors (Lipinski definition) is 4. The van der Waals surface area contributed by atoms with Gasteiger partial charge in [-0.3, -0.25) is 9.69 Å². The lowest BCUT2D eigenvalue weighted by atomic mass is 9.82. The highest BCUT2D eigenvalue weighted by atomic mass is 79.9. The highest BCUT2D eigenvalue weighted by Crippen LogP contribution is 2.37. The molecule has 4 N–H and O–H groups in total. The first kappa shape index (κ1) is 33.0. The number of halogens is 2. The molecule has 4 aliphatic rings. The van der Waals surface area contributed by atoms with Crippen molar-refractivity contribution in [2.45, 2.75) is 56.7 Å². The third-order valence-corrected chi connectivity index (χ3v) is 11.4. The fourth-order valence-electron chi connectivity index (χ4n) is 7.73. The van der Waals surface area contributed by atoms with Crippen molar-refractivity contribution in [2.24, 2.45) is 5.92 Å². The average Bonchev–Trinajstić information content (AvgIpc) is 3.24. The number of nitrogens with one attached hydrogen (secondary N) is 2. The minimum Gasteiger partial charge on any atom is -0.506 e. The maximum absolute atomic E-state index is 14.6. The number of anilines is 1. The van der Waals surface area contributed by atoms with E-state index in [9.17, 15) is 24.6 Å². The predicted octanol–water partition coefficient (Wildman–Crippen LogP) is 4.57. The number of benzene rings is 2. The second-order valence-corrected chi connectivity index (χ2v) is 14.5. The second-order valence-electron chi connectivity index (χ2n) is 12.8. The summed E-state index contributed by atoms with van der Waals surface area (Å²) in [5, 5.41) is 27.2. The summed E-state index contributed by atoms with van der Waals surface area (Å²) in [4.78, 5) is 48.4. The molecule has 2 aromatic rings. The van der Waals surface area contributed by atoms with Gasteiger partial charge in [-0.2, -0.15) is 0 Å². The van der Waals surface area contributed by atoms with Gasteiger partial charge < -0.3 is 35.5 Å². The Bertz CT molecular complexity index is 1420. The van der Waals surface area contributed by atoms with Gasteiger partial charge in [-0.05, 0) is 99.7 Å². The van der Waals surface area contributed by atoms with Gasteiger partial charge >= 0.3 is 12.1 Å². The van der Waals surface area contributed by atoms with Crippen LogP contribution in [0.1, 0.15) is 36.8 Å². The minimum atomic E-state index is -1.06. The van der Waals surface area contributed by atoms with Crippen molar-refractivity contribution >= 4 is 55.6 Å². The van der Waals surface area contributed by atoms with Gasteiger partial charge in [0, 0.05) is 76.2 Å². The molecule has 3 fully saturated rings. The molecule has 0 spiro atoms. The smallest absolute Gasteiger partial charge is 0.407 e. The van der Waals surface area contributed by atoms with E-state index in [1.807, 2.05) is 34.1 Å². The average molecular weight is 763 g/mol. The number of amides is 4. The summed E-state index contributed by atoms with van der Waals surface area (Å²) in [6.45, 7) is 5.99. The second kappa shape index (κ2) is 14.5. The number of phenols is 1. The number of fused-ring (bicyclic) bond motifs is 1. The monoisotopic (exact) mass is 760 g/mol. The Balaban J connectivity index is 1.26. The molecule has 0 radical (unpaired) electrons. The molecule has 13 heteroatoms. The molecule has 46 heavy (non-hydrogen) atoms. The van der Waals surface area contributed by atoms with Gasteiger partial charge in [-0.1, -0.05) is 18.2 Å². The first-order chi connectivity index (χ1) is 22.2. The Kier molecular flexibility index (Phi) is 10.4. The van der Waals surface area contributed by atoms with Crippen molar-refractivity contribution in [2.75, 3.05) is 57.7 Å². The number of carbonyl (C=O) groups excluding carboxylic acids is 2. The van der Waals surface area contributed by atoms with Crippen molar-refractivity contribution in [1.29, 1.82) is 0 Å². The molecule has 248 valence electrons. The minimum absolute atomic E-state index is 0.0521. The highest BCUT2D eigenvalue weighted by Gasteiger charge is 2.44. The van der Waals surface area contributed by atoms with E-state index < -0.39 is 18.1 Å². The third-order valence-electron chi connectivity index (χ3n) is 10.2. The van der Waals surface area contributed by atoms with Crippen molar-refractivity contribution in [3.63, 3.8) is 0 Å². The predicted molar refractivity (Wildman–Crippen MR) is 182 cm³/mol. The molecule has 0 saturated carbocycles. The molecular weight excluding hydrogens is 720 g/mol. The largest absolute Gasteiger partial charge is 0.506 e. The molecule has 6 rings (SSSR count). The molecule has 0 aliphatic carbocycles. The lowest BCUT2D eigenvalue weighted by Crippen LogP contribution is -2.59. The Labute approximate surface area is 286 Å². The molecule has 11 nitrogen and oxygen atoms in total. The number of aromatic hydroxyl groups is 1. The summed E-state index contributed by atoms with van der Waals surface area (Å²) < 4.78 is 0.995. The molecule has 0 aromatic heterocycles. The topological polar surface area (TPSA) is 129 Å². The van der Waals surface area contributed by atoms with E-state index in [1.165, 1.54) is 4.90 Å². The Hall–Kier alpha value is -2.87. The van der Waals surface area contributed by atoms with E-state index in [0.717, 1.165) is 55.8 Å². The van der Waals surface area contributed by atoms with Crippen molar-refractivity contribution in [3.05, 3.63) is 56.5 Å².